The average molecular weight is 534 g/mol. The fraction of sp³-hybridized carbons (Fsp3) is 0.385. The Balaban J connectivity index is 1.65. The number of hydrogen-bond donors (Lipinski definition) is 0. The normalized spacial score (nSPS) is 16.0. The largest absolute Gasteiger partial charge is 0.376 e. The number of ether oxygens (including phenoxy) is 1. The fourth-order valence-electron chi connectivity index (χ4n) is 4.41. The van der Waals surface area contributed by atoms with Crippen molar-refractivity contribution in [1.82, 2.24) is 14.5 Å². The molecule has 1 amide bonds. The minimum Gasteiger partial charge on any atom is -0.376 e. The zero-order chi connectivity index (χ0) is 25.9. The average Bonchev–Trinajstić information content (AvgIpc) is 3.49. The van der Waals surface area contributed by atoms with Gasteiger partial charge in [-0.15, -0.1) is 0 Å². The number of aromatic nitrogens is 2. The molecule has 2 heterocycles. The molecule has 1 saturated heterocycles. The zero-order valence-corrected chi connectivity index (χ0v) is 21.8. The van der Waals surface area contributed by atoms with Crippen molar-refractivity contribution < 1.29 is 22.3 Å². The molecule has 1 aliphatic heterocycles. The van der Waals surface area contributed by atoms with Crippen LogP contribution in [-0.4, -0.2) is 48.0 Å². The first-order valence-electron chi connectivity index (χ1n) is 11.8. The molecule has 3 aromatic rings. The van der Waals surface area contributed by atoms with Crippen molar-refractivity contribution in [3.05, 3.63) is 82.4 Å². The molecule has 0 spiro atoms. The van der Waals surface area contributed by atoms with Gasteiger partial charge in [0.15, 0.2) is 0 Å². The lowest BCUT2D eigenvalue weighted by atomic mass is 10.1. The van der Waals surface area contributed by atoms with Crippen LogP contribution < -0.4 is 0 Å². The third kappa shape index (κ3) is 6.14. The van der Waals surface area contributed by atoms with Gasteiger partial charge in [0, 0.05) is 29.8 Å². The Bertz CT molecular complexity index is 1320. The van der Waals surface area contributed by atoms with Gasteiger partial charge < -0.3 is 14.2 Å². The minimum absolute atomic E-state index is 0.0567. The number of halogens is 2. The molecule has 36 heavy (non-hydrogen) atoms. The van der Waals surface area contributed by atoms with Crippen LogP contribution in [0.25, 0.3) is 0 Å². The lowest BCUT2D eigenvalue weighted by molar-refractivity contribution is 0.0500. The third-order valence-corrected chi connectivity index (χ3v) is 7.87. The first-order valence-corrected chi connectivity index (χ1v) is 13.9. The van der Waals surface area contributed by atoms with Crippen molar-refractivity contribution in [3.63, 3.8) is 0 Å². The van der Waals surface area contributed by atoms with Gasteiger partial charge in [0.25, 0.3) is 5.91 Å². The number of amides is 1. The second-order valence-corrected chi connectivity index (χ2v) is 11.5. The summed E-state index contributed by atoms with van der Waals surface area (Å²) in [5.74, 6) is -0.958. The molecule has 2 aromatic carbocycles. The minimum atomic E-state index is -3.80. The molecule has 7 nitrogen and oxygen atoms in total. The van der Waals surface area contributed by atoms with Crippen LogP contribution in [0.1, 0.15) is 54.3 Å². The van der Waals surface area contributed by atoms with Gasteiger partial charge in [-0.25, -0.2) is 17.8 Å². The van der Waals surface area contributed by atoms with Gasteiger partial charge in [0.05, 0.1) is 30.3 Å². The molecular formula is C26H29ClFN3O4S. The number of rotatable bonds is 9. The van der Waals surface area contributed by atoms with Crippen molar-refractivity contribution in [3.8, 4) is 0 Å². The number of hydrogen-bond acceptors (Lipinski definition) is 5. The molecule has 1 atom stereocenters. The Kier molecular flexibility index (Phi) is 8.12. The van der Waals surface area contributed by atoms with Crippen molar-refractivity contribution >= 4 is 27.3 Å². The van der Waals surface area contributed by atoms with E-state index in [2.05, 4.69) is 4.98 Å². The summed E-state index contributed by atoms with van der Waals surface area (Å²) < 4.78 is 47.5. The van der Waals surface area contributed by atoms with Crippen LogP contribution >= 0.6 is 11.6 Å². The van der Waals surface area contributed by atoms with E-state index in [9.17, 15) is 17.6 Å². The van der Waals surface area contributed by atoms with E-state index in [-0.39, 0.29) is 35.5 Å². The molecule has 0 unspecified atom stereocenters. The second-order valence-electron chi connectivity index (χ2n) is 9.21. The fourth-order valence-corrected chi connectivity index (χ4v) is 6.21. The van der Waals surface area contributed by atoms with Crippen molar-refractivity contribution in [2.45, 2.75) is 56.3 Å². The molecule has 0 radical (unpaired) electrons. The lowest BCUT2D eigenvalue weighted by Gasteiger charge is -2.27. The third-order valence-electron chi connectivity index (χ3n) is 6.06. The molecule has 1 fully saturated rings. The Hall–Kier alpha value is -2.75. The molecule has 1 aliphatic rings. The highest BCUT2D eigenvalue weighted by Gasteiger charge is 2.29. The Labute approximate surface area is 215 Å². The van der Waals surface area contributed by atoms with Crippen molar-refractivity contribution in [2.24, 2.45) is 0 Å². The molecule has 10 heteroatoms. The number of imidazole rings is 1. The zero-order valence-electron chi connectivity index (χ0n) is 20.2. The van der Waals surface area contributed by atoms with Crippen LogP contribution in [0, 0.1) is 5.82 Å². The number of carbonyl (C=O) groups excluding carboxylic acids is 1. The molecule has 4 rings (SSSR count). The van der Waals surface area contributed by atoms with E-state index >= 15 is 0 Å². The Morgan fingerprint density at radius 2 is 2.00 bits per heavy atom. The summed E-state index contributed by atoms with van der Waals surface area (Å²) in [4.78, 5) is 19.3. The topological polar surface area (TPSA) is 81.5 Å². The predicted octanol–water partition coefficient (Wildman–Crippen LogP) is 5.05. The summed E-state index contributed by atoms with van der Waals surface area (Å²) >= 11 is 6.04. The van der Waals surface area contributed by atoms with Gasteiger partial charge in [-0.1, -0.05) is 23.7 Å². The van der Waals surface area contributed by atoms with Gasteiger partial charge in [0.1, 0.15) is 5.82 Å². The van der Waals surface area contributed by atoms with Gasteiger partial charge in [-0.05, 0) is 68.7 Å². The SMILES string of the molecule is CC(C)n1c(CN(C[C@H]2CCCO2)C(=O)c2ccc(F)cc2)cnc1S(=O)(=O)Cc1cccc(Cl)c1. The smallest absolute Gasteiger partial charge is 0.254 e. The quantitative estimate of drug-likeness (QED) is 0.384. The summed E-state index contributed by atoms with van der Waals surface area (Å²) in [6.07, 6.45) is 3.14. The first kappa shape index (κ1) is 26.3. The van der Waals surface area contributed by atoms with E-state index in [4.69, 9.17) is 16.3 Å². The molecule has 192 valence electrons. The van der Waals surface area contributed by atoms with E-state index in [0.29, 0.717) is 35.0 Å². The van der Waals surface area contributed by atoms with Crippen molar-refractivity contribution in [2.75, 3.05) is 13.2 Å². The van der Waals surface area contributed by atoms with Crippen LogP contribution in [0.3, 0.4) is 0 Å². The summed E-state index contributed by atoms with van der Waals surface area (Å²) in [7, 11) is -3.80. The van der Waals surface area contributed by atoms with E-state index < -0.39 is 15.7 Å². The van der Waals surface area contributed by atoms with E-state index in [1.807, 2.05) is 13.8 Å². The molecule has 0 saturated carbocycles. The number of sulfone groups is 1. The predicted molar refractivity (Wildman–Crippen MR) is 135 cm³/mol. The highest BCUT2D eigenvalue weighted by molar-refractivity contribution is 7.90. The monoisotopic (exact) mass is 533 g/mol. The van der Waals surface area contributed by atoms with Crippen LogP contribution in [0.15, 0.2) is 59.9 Å². The molecule has 0 bridgehead atoms. The summed E-state index contributed by atoms with van der Waals surface area (Å²) in [5, 5.41) is 0.401. The Morgan fingerprint density at radius 1 is 1.25 bits per heavy atom. The van der Waals surface area contributed by atoms with E-state index in [0.717, 1.165) is 12.8 Å². The highest BCUT2D eigenvalue weighted by atomic mass is 35.5. The standard InChI is InChI=1S/C26H29ClFN3O4S/c1-18(2)31-23(14-29-26(31)36(33,34)17-19-5-3-6-21(27)13-19)15-30(16-24-7-4-12-35-24)25(32)20-8-10-22(28)11-9-20/h3,5-6,8-11,13-14,18,24H,4,7,12,15-17H2,1-2H3/t24-/m1/s1. The first-order chi connectivity index (χ1) is 17.1. The molecule has 1 aromatic heterocycles. The van der Waals surface area contributed by atoms with Gasteiger partial charge in [-0.3, -0.25) is 4.79 Å². The van der Waals surface area contributed by atoms with Crippen LogP contribution in [0.2, 0.25) is 5.02 Å². The van der Waals surface area contributed by atoms with Crippen LogP contribution in [0.4, 0.5) is 4.39 Å². The highest BCUT2D eigenvalue weighted by Crippen LogP contribution is 2.25. The van der Waals surface area contributed by atoms with Gasteiger partial charge in [0.2, 0.25) is 15.0 Å². The lowest BCUT2D eigenvalue weighted by Crippen LogP contribution is -2.37. The second kappa shape index (κ2) is 11.1. The maximum atomic E-state index is 13.4. The van der Waals surface area contributed by atoms with Crippen LogP contribution in [-0.2, 0) is 26.9 Å². The summed E-state index contributed by atoms with van der Waals surface area (Å²) in [5.41, 5.74) is 1.50. The molecular weight excluding hydrogens is 505 g/mol. The Morgan fingerprint density at radius 3 is 2.64 bits per heavy atom. The summed E-state index contributed by atoms with van der Waals surface area (Å²) in [6, 6.07) is 11.9. The number of nitrogens with zero attached hydrogens (tertiary/aromatic N) is 3. The van der Waals surface area contributed by atoms with Gasteiger partial charge >= 0.3 is 0 Å². The maximum absolute atomic E-state index is 13.4. The van der Waals surface area contributed by atoms with E-state index in [1.165, 1.54) is 30.5 Å². The number of benzene rings is 2. The number of carbonyl (C=O) groups is 1. The van der Waals surface area contributed by atoms with E-state index in [1.54, 1.807) is 33.7 Å². The summed E-state index contributed by atoms with van der Waals surface area (Å²) in [6.45, 7) is 4.85. The van der Waals surface area contributed by atoms with Crippen molar-refractivity contribution in [1.29, 1.82) is 0 Å². The molecule has 0 N–H and O–H groups in total. The van der Waals surface area contributed by atoms with Gasteiger partial charge in [-0.2, -0.15) is 0 Å². The maximum Gasteiger partial charge on any atom is 0.254 e. The molecule has 0 aliphatic carbocycles. The van der Waals surface area contributed by atoms with Crippen LogP contribution in [0.5, 0.6) is 0 Å².